The summed E-state index contributed by atoms with van der Waals surface area (Å²) in [6, 6.07) is 45.2. The lowest BCUT2D eigenvalue weighted by molar-refractivity contribution is 0.0157. The summed E-state index contributed by atoms with van der Waals surface area (Å²) in [7, 11) is 0. The Labute approximate surface area is 348 Å². The molecule has 2 atom stereocenters. The zero-order valence-corrected chi connectivity index (χ0v) is 35.1. The van der Waals surface area contributed by atoms with Gasteiger partial charge in [-0.1, -0.05) is 100 Å². The minimum absolute atomic E-state index is 0.0951. The number of hydrogen-bond donors (Lipinski definition) is 0. The molecular formula is C52H56F2O5. The Hall–Kier alpha value is -5.66. The number of benzene rings is 6. The molecule has 0 aliphatic carbocycles. The smallest absolute Gasteiger partial charge is 0.165 e. The average molecular weight is 799 g/mol. The molecule has 0 heterocycles. The van der Waals surface area contributed by atoms with E-state index in [1.165, 1.54) is 12.1 Å². The van der Waals surface area contributed by atoms with Gasteiger partial charge in [0.1, 0.15) is 23.0 Å². The molecule has 0 fully saturated rings. The van der Waals surface area contributed by atoms with Crippen LogP contribution in [0.25, 0.3) is 0 Å². The lowest BCUT2D eigenvalue weighted by atomic mass is 9.67. The van der Waals surface area contributed by atoms with Gasteiger partial charge in [-0.25, -0.2) is 8.78 Å². The Morgan fingerprint density at radius 3 is 1.17 bits per heavy atom. The van der Waals surface area contributed by atoms with Crippen LogP contribution in [0.4, 0.5) is 8.78 Å². The van der Waals surface area contributed by atoms with Crippen molar-refractivity contribution in [3.63, 3.8) is 0 Å². The molecule has 0 aromatic heterocycles. The van der Waals surface area contributed by atoms with E-state index in [4.69, 9.17) is 23.7 Å². The summed E-state index contributed by atoms with van der Waals surface area (Å²) in [6.45, 7) is 14.6. The predicted octanol–water partition coefficient (Wildman–Crippen LogP) is 13.3. The Morgan fingerprint density at radius 1 is 0.458 bits per heavy atom. The number of hydrogen-bond acceptors (Lipinski definition) is 5. The standard InChI is InChI=1S/C52H56F2O5/c1-7-56-43-25-21-41(22-26-43)51(37(3)4,33-39-19-29-47(53)49(31-39)58-45-15-11-9-12-16-45)35-55-36-52(38(5)6,42-23-27-44(28-24-42)57-8-2)34-40-20-30-48(54)50(32-40)59-46-17-13-10-14-18-46/h9-32,37-38H,7-8,33-36H2,1-6H3. The van der Waals surface area contributed by atoms with E-state index in [-0.39, 0.29) is 23.3 Å². The van der Waals surface area contributed by atoms with Gasteiger partial charge in [-0.05, 0) is 134 Å². The third-order valence-electron chi connectivity index (χ3n) is 11.4. The Morgan fingerprint density at radius 2 is 0.831 bits per heavy atom. The molecule has 5 nitrogen and oxygen atoms in total. The molecule has 0 N–H and O–H groups in total. The maximum Gasteiger partial charge on any atom is 0.165 e. The second-order valence-electron chi connectivity index (χ2n) is 15.7. The minimum atomic E-state index is -0.541. The molecule has 6 rings (SSSR count). The molecule has 0 aliphatic rings. The summed E-state index contributed by atoms with van der Waals surface area (Å²) in [6.07, 6.45) is 1.11. The number of rotatable bonds is 20. The first kappa shape index (κ1) is 42.9. The van der Waals surface area contributed by atoms with Gasteiger partial charge in [0.2, 0.25) is 0 Å². The normalized spacial score (nSPS) is 13.5. The fourth-order valence-electron chi connectivity index (χ4n) is 7.83. The van der Waals surface area contributed by atoms with Crippen LogP contribution < -0.4 is 18.9 Å². The quantitative estimate of drug-likeness (QED) is 0.0770. The van der Waals surface area contributed by atoms with E-state index in [0.717, 1.165) is 33.8 Å². The van der Waals surface area contributed by atoms with E-state index in [1.54, 1.807) is 12.1 Å². The van der Waals surface area contributed by atoms with Crippen LogP contribution in [0.1, 0.15) is 63.8 Å². The molecule has 0 bridgehead atoms. The van der Waals surface area contributed by atoms with Crippen molar-refractivity contribution in [1.82, 2.24) is 0 Å². The molecule has 2 unspecified atom stereocenters. The van der Waals surface area contributed by atoms with Crippen molar-refractivity contribution in [3.05, 3.63) is 179 Å². The highest BCUT2D eigenvalue weighted by molar-refractivity contribution is 5.42. The van der Waals surface area contributed by atoms with Gasteiger partial charge in [0.15, 0.2) is 23.1 Å². The maximum atomic E-state index is 15.3. The molecule has 0 radical (unpaired) electrons. The second kappa shape index (κ2) is 19.9. The summed E-state index contributed by atoms with van der Waals surface area (Å²) in [5.74, 6) is 2.38. The van der Waals surface area contributed by atoms with Gasteiger partial charge in [0.25, 0.3) is 0 Å². The molecule has 59 heavy (non-hydrogen) atoms. The van der Waals surface area contributed by atoms with Crippen molar-refractivity contribution in [3.8, 4) is 34.5 Å². The summed E-state index contributed by atoms with van der Waals surface area (Å²) >= 11 is 0. The average Bonchev–Trinajstić information content (AvgIpc) is 3.24. The molecular weight excluding hydrogens is 743 g/mol. The number of halogens is 2. The third-order valence-corrected chi connectivity index (χ3v) is 11.4. The largest absolute Gasteiger partial charge is 0.494 e. The van der Waals surface area contributed by atoms with Crippen LogP contribution in [0.5, 0.6) is 34.5 Å². The first-order valence-electron chi connectivity index (χ1n) is 20.6. The molecule has 6 aromatic carbocycles. The van der Waals surface area contributed by atoms with Crippen molar-refractivity contribution in [2.24, 2.45) is 11.8 Å². The van der Waals surface area contributed by atoms with E-state index in [1.807, 2.05) is 111 Å². The highest BCUT2D eigenvalue weighted by atomic mass is 19.1. The number of para-hydroxylation sites is 2. The van der Waals surface area contributed by atoms with Gasteiger partial charge >= 0.3 is 0 Å². The van der Waals surface area contributed by atoms with Crippen molar-refractivity contribution < 1.29 is 32.5 Å². The lowest BCUT2D eigenvalue weighted by Crippen LogP contribution is -2.44. The van der Waals surface area contributed by atoms with Gasteiger partial charge in [0, 0.05) is 10.8 Å². The first-order chi connectivity index (χ1) is 28.5. The van der Waals surface area contributed by atoms with E-state index in [2.05, 4.69) is 52.0 Å². The summed E-state index contributed by atoms with van der Waals surface area (Å²) in [4.78, 5) is 0. The number of ether oxygens (including phenoxy) is 5. The van der Waals surface area contributed by atoms with E-state index in [0.29, 0.717) is 50.8 Å². The molecule has 0 saturated carbocycles. The zero-order chi connectivity index (χ0) is 41.8. The fourth-order valence-corrected chi connectivity index (χ4v) is 7.83. The molecule has 0 spiro atoms. The zero-order valence-electron chi connectivity index (χ0n) is 35.1. The summed E-state index contributed by atoms with van der Waals surface area (Å²) in [5, 5.41) is 0. The van der Waals surface area contributed by atoms with Gasteiger partial charge in [0.05, 0.1) is 26.4 Å². The molecule has 6 aromatic rings. The molecule has 0 amide bonds. The lowest BCUT2D eigenvalue weighted by Gasteiger charge is -2.42. The van der Waals surface area contributed by atoms with Crippen LogP contribution in [-0.2, 0) is 28.4 Å². The van der Waals surface area contributed by atoms with Crippen LogP contribution in [0.2, 0.25) is 0 Å². The monoisotopic (exact) mass is 798 g/mol. The molecule has 0 aliphatic heterocycles. The SMILES string of the molecule is CCOc1ccc(C(COCC(Cc2ccc(F)c(Oc3ccccc3)c2)(c2ccc(OCC)cc2)C(C)C)(Cc2ccc(F)c(Oc3ccccc3)c2)C(C)C)cc1. The minimum Gasteiger partial charge on any atom is -0.494 e. The van der Waals surface area contributed by atoms with Crippen LogP contribution in [0, 0.1) is 23.5 Å². The predicted molar refractivity (Wildman–Crippen MR) is 232 cm³/mol. The van der Waals surface area contributed by atoms with Crippen molar-refractivity contribution >= 4 is 0 Å². The third kappa shape index (κ3) is 10.5. The molecule has 0 saturated heterocycles. The topological polar surface area (TPSA) is 46.2 Å². The Balaban J connectivity index is 1.38. The molecule has 7 heteroatoms. The second-order valence-corrected chi connectivity index (χ2v) is 15.7. The van der Waals surface area contributed by atoms with Crippen LogP contribution in [-0.4, -0.2) is 26.4 Å². The van der Waals surface area contributed by atoms with Gasteiger partial charge < -0.3 is 23.7 Å². The molecule has 308 valence electrons. The summed E-state index contributed by atoms with van der Waals surface area (Å²) < 4.78 is 61.4. The summed E-state index contributed by atoms with van der Waals surface area (Å²) in [5.41, 5.74) is 2.93. The van der Waals surface area contributed by atoms with Crippen molar-refractivity contribution in [2.75, 3.05) is 26.4 Å². The van der Waals surface area contributed by atoms with Crippen molar-refractivity contribution in [2.45, 2.75) is 65.2 Å². The Kier molecular flexibility index (Phi) is 14.5. The van der Waals surface area contributed by atoms with E-state index < -0.39 is 22.5 Å². The fraction of sp³-hybridized carbons (Fsp3) is 0.308. The maximum absolute atomic E-state index is 15.3. The highest BCUT2D eigenvalue weighted by Crippen LogP contribution is 2.42. The van der Waals surface area contributed by atoms with E-state index in [9.17, 15) is 0 Å². The van der Waals surface area contributed by atoms with E-state index >= 15 is 8.78 Å². The van der Waals surface area contributed by atoms with Gasteiger partial charge in [-0.15, -0.1) is 0 Å². The van der Waals surface area contributed by atoms with Crippen molar-refractivity contribution in [1.29, 1.82) is 0 Å². The Bertz CT molecular complexity index is 2050. The van der Waals surface area contributed by atoms with Crippen LogP contribution >= 0.6 is 0 Å². The highest BCUT2D eigenvalue weighted by Gasteiger charge is 2.41. The van der Waals surface area contributed by atoms with Crippen LogP contribution in [0.3, 0.4) is 0 Å². The van der Waals surface area contributed by atoms with Crippen LogP contribution in [0.15, 0.2) is 146 Å². The van der Waals surface area contributed by atoms with Gasteiger partial charge in [-0.2, -0.15) is 0 Å². The van der Waals surface area contributed by atoms with Gasteiger partial charge in [-0.3, -0.25) is 0 Å². The first-order valence-corrected chi connectivity index (χ1v) is 20.6.